The Kier molecular flexibility index (Phi) is 2.85. The minimum atomic E-state index is 0.583. The molecular weight excluding hydrogens is 184 g/mol. The zero-order valence-corrected chi connectivity index (χ0v) is 9.80. The molecule has 1 aromatic carbocycles. The van der Waals surface area contributed by atoms with Crippen LogP contribution in [-0.2, 0) is 0 Å². The first kappa shape index (κ1) is 10.3. The summed E-state index contributed by atoms with van der Waals surface area (Å²) in [5.41, 5.74) is 3.86. The highest BCUT2D eigenvalue weighted by molar-refractivity contribution is 5.73. The van der Waals surface area contributed by atoms with Gasteiger partial charge in [-0.15, -0.1) is 0 Å². The Morgan fingerprint density at radius 1 is 1.33 bits per heavy atom. The van der Waals surface area contributed by atoms with Crippen LogP contribution in [0.25, 0.3) is 0 Å². The maximum Gasteiger partial charge on any atom is 0.0607 e. The number of aryl methyl sites for hydroxylation is 1. The molecule has 2 N–H and O–H groups in total. The molecule has 1 aromatic rings. The van der Waals surface area contributed by atoms with E-state index in [1.165, 1.54) is 23.4 Å². The van der Waals surface area contributed by atoms with Gasteiger partial charge in [0.2, 0.25) is 0 Å². The minimum Gasteiger partial charge on any atom is -0.383 e. The average Bonchev–Trinajstić information content (AvgIpc) is 2.40. The molecule has 1 aliphatic heterocycles. The third-order valence-electron chi connectivity index (χ3n) is 3.18. The van der Waals surface area contributed by atoms with E-state index in [2.05, 4.69) is 49.6 Å². The summed E-state index contributed by atoms with van der Waals surface area (Å²) in [5.74, 6) is 0.678. The van der Waals surface area contributed by atoms with Crippen molar-refractivity contribution in [2.45, 2.75) is 33.2 Å². The van der Waals surface area contributed by atoms with Gasteiger partial charge in [0.05, 0.1) is 11.4 Å². The standard InChI is InChI=1S/C13H20N2/c1-9(2)11-7-8-14-12-6-4-5-10(3)13(12)15-11/h4-6,9,11,14-15H,7-8H2,1-3H3. The Hall–Kier alpha value is -1.18. The van der Waals surface area contributed by atoms with E-state index in [1.807, 2.05) is 0 Å². The van der Waals surface area contributed by atoms with Crippen LogP contribution < -0.4 is 10.6 Å². The van der Waals surface area contributed by atoms with Gasteiger partial charge in [-0.05, 0) is 30.9 Å². The first-order valence-electron chi connectivity index (χ1n) is 5.78. The van der Waals surface area contributed by atoms with Crippen molar-refractivity contribution in [1.29, 1.82) is 0 Å². The van der Waals surface area contributed by atoms with Crippen LogP contribution in [0.5, 0.6) is 0 Å². The van der Waals surface area contributed by atoms with Gasteiger partial charge in [0.25, 0.3) is 0 Å². The predicted molar refractivity (Wildman–Crippen MR) is 66.5 cm³/mol. The number of para-hydroxylation sites is 1. The molecule has 0 spiro atoms. The molecule has 2 rings (SSSR count). The summed E-state index contributed by atoms with van der Waals surface area (Å²) in [6, 6.07) is 7.01. The Morgan fingerprint density at radius 2 is 2.13 bits per heavy atom. The van der Waals surface area contributed by atoms with Crippen LogP contribution in [0.2, 0.25) is 0 Å². The largest absolute Gasteiger partial charge is 0.383 e. The van der Waals surface area contributed by atoms with Crippen molar-refractivity contribution in [1.82, 2.24) is 0 Å². The lowest BCUT2D eigenvalue weighted by atomic mass is 10.0. The first-order valence-corrected chi connectivity index (χ1v) is 5.78. The lowest BCUT2D eigenvalue weighted by molar-refractivity contribution is 0.507. The Morgan fingerprint density at radius 3 is 2.87 bits per heavy atom. The topological polar surface area (TPSA) is 24.1 Å². The van der Waals surface area contributed by atoms with Gasteiger partial charge in [-0.1, -0.05) is 26.0 Å². The van der Waals surface area contributed by atoms with E-state index in [4.69, 9.17) is 0 Å². The fourth-order valence-corrected chi connectivity index (χ4v) is 2.13. The summed E-state index contributed by atoms with van der Waals surface area (Å²) in [6.07, 6.45) is 1.19. The molecular formula is C13H20N2. The van der Waals surface area contributed by atoms with Crippen molar-refractivity contribution in [2.75, 3.05) is 17.2 Å². The maximum absolute atomic E-state index is 3.66. The molecule has 0 aromatic heterocycles. The first-order chi connectivity index (χ1) is 7.18. The summed E-state index contributed by atoms with van der Waals surface area (Å²) in [4.78, 5) is 0. The number of fused-ring (bicyclic) bond motifs is 1. The molecule has 1 heterocycles. The van der Waals surface area contributed by atoms with Crippen LogP contribution in [-0.4, -0.2) is 12.6 Å². The second kappa shape index (κ2) is 4.13. The Balaban J connectivity index is 2.31. The molecule has 0 amide bonds. The summed E-state index contributed by atoms with van der Waals surface area (Å²) in [7, 11) is 0. The Bertz CT molecular complexity index is 344. The van der Waals surface area contributed by atoms with Crippen molar-refractivity contribution >= 4 is 11.4 Å². The van der Waals surface area contributed by atoms with Crippen LogP contribution in [0.3, 0.4) is 0 Å². The summed E-state index contributed by atoms with van der Waals surface area (Å²) >= 11 is 0. The molecule has 1 unspecified atom stereocenters. The SMILES string of the molecule is Cc1cccc2c1NC(C(C)C)CCN2. The lowest BCUT2D eigenvalue weighted by Gasteiger charge is -2.22. The van der Waals surface area contributed by atoms with Gasteiger partial charge in [0.1, 0.15) is 0 Å². The number of rotatable bonds is 1. The normalized spacial score (nSPS) is 20.1. The molecule has 0 fully saturated rings. The van der Waals surface area contributed by atoms with E-state index in [9.17, 15) is 0 Å². The summed E-state index contributed by atoms with van der Waals surface area (Å²) in [6.45, 7) is 7.78. The molecule has 15 heavy (non-hydrogen) atoms. The van der Waals surface area contributed by atoms with Gasteiger partial charge in [-0.3, -0.25) is 0 Å². The number of nitrogens with one attached hydrogen (secondary N) is 2. The lowest BCUT2D eigenvalue weighted by Crippen LogP contribution is -2.26. The minimum absolute atomic E-state index is 0.583. The molecule has 1 atom stereocenters. The van der Waals surface area contributed by atoms with Crippen LogP contribution in [0.1, 0.15) is 25.8 Å². The molecule has 0 bridgehead atoms. The van der Waals surface area contributed by atoms with Crippen molar-refractivity contribution in [3.05, 3.63) is 23.8 Å². The summed E-state index contributed by atoms with van der Waals surface area (Å²) in [5, 5.41) is 7.15. The molecule has 82 valence electrons. The smallest absolute Gasteiger partial charge is 0.0607 e. The second-order valence-electron chi connectivity index (χ2n) is 4.71. The summed E-state index contributed by atoms with van der Waals surface area (Å²) < 4.78 is 0. The van der Waals surface area contributed by atoms with Gasteiger partial charge < -0.3 is 10.6 Å². The number of anilines is 2. The van der Waals surface area contributed by atoms with E-state index in [0.717, 1.165) is 6.54 Å². The van der Waals surface area contributed by atoms with Gasteiger partial charge in [-0.2, -0.15) is 0 Å². The van der Waals surface area contributed by atoms with Gasteiger partial charge in [-0.25, -0.2) is 0 Å². The predicted octanol–water partition coefficient (Wildman–Crippen LogP) is 3.25. The van der Waals surface area contributed by atoms with Crippen LogP contribution in [0.15, 0.2) is 18.2 Å². The zero-order valence-electron chi connectivity index (χ0n) is 9.80. The molecule has 0 saturated carbocycles. The van der Waals surface area contributed by atoms with Crippen LogP contribution in [0, 0.1) is 12.8 Å². The molecule has 2 nitrogen and oxygen atoms in total. The maximum atomic E-state index is 3.66. The van der Waals surface area contributed by atoms with Crippen molar-refractivity contribution in [3.8, 4) is 0 Å². The fourth-order valence-electron chi connectivity index (χ4n) is 2.13. The highest BCUT2D eigenvalue weighted by atomic mass is 15.0. The fraction of sp³-hybridized carbons (Fsp3) is 0.538. The number of benzene rings is 1. The van der Waals surface area contributed by atoms with E-state index in [0.29, 0.717) is 12.0 Å². The van der Waals surface area contributed by atoms with E-state index in [-0.39, 0.29) is 0 Å². The van der Waals surface area contributed by atoms with E-state index >= 15 is 0 Å². The Labute approximate surface area is 92.1 Å². The highest BCUT2D eigenvalue weighted by Crippen LogP contribution is 2.30. The van der Waals surface area contributed by atoms with Gasteiger partial charge in [0.15, 0.2) is 0 Å². The average molecular weight is 204 g/mol. The van der Waals surface area contributed by atoms with Crippen molar-refractivity contribution in [2.24, 2.45) is 5.92 Å². The van der Waals surface area contributed by atoms with Gasteiger partial charge >= 0.3 is 0 Å². The number of hydrogen-bond donors (Lipinski definition) is 2. The molecule has 0 radical (unpaired) electrons. The quantitative estimate of drug-likeness (QED) is 0.733. The molecule has 0 saturated heterocycles. The molecule has 1 aliphatic rings. The van der Waals surface area contributed by atoms with Crippen LogP contribution in [0.4, 0.5) is 11.4 Å². The van der Waals surface area contributed by atoms with E-state index < -0.39 is 0 Å². The van der Waals surface area contributed by atoms with Gasteiger partial charge in [0, 0.05) is 12.6 Å². The van der Waals surface area contributed by atoms with Crippen molar-refractivity contribution < 1.29 is 0 Å². The third-order valence-corrected chi connectivity index (χ3v) is 3.18. The van der Waals surface area contributed by atoms with Crippen LogP contribution >= 0.6 is 0 Å². The molecule has 0 aliphatic carbocycles. The third kappa shape index (κ3) is 2.09. The van der Waals surface area contributed by atoms with E-state index in [1.54, 1.807) is 0 Å². The van der Waals surface area contributed by atoms with Crippen molar-refractivity contribution in [3.63, 3.8) is 0 Å². The monoisotopic (exact) mass is 204 g/mol. The number of hydrogen-bond acceptors (Lipinski definition) is 2. The molecule has 2 heteroatoms. The highest BCUT2D eigenvalue weighted by Gasteiger charge is 2.18. The zero-order chi connectivity index (χ0) is 10.8. The second-order valence-corrected chi connectivity index (χ2v) is 4.71.